The lowest BCUT2D eigenvalue weighted by atomic mass is 10.2. The number of sulfonamides is 1. The van der Waals surface area contributed by atoms with Crippen molar-refractivity contribution in [2.24, 2.45) is 0 Å². The number of piperazine rings is 1. The van der Waals surface area contributed by atoms with Crippen molar-refractivity contribution in [3.63, 3.8) is 0 Å². The minimum absolute atomic E-state index is 0.0620. The zero-order valence-electron chi connectivity index (χ0n) is 15.9. The van der Waals surface area contributed by atoms with E-state index in [2.05, 4.69) is 15.9 Å². The molecule has 1 amide bonds. The molecular formula is C20H21BrN2O5S. The Hall–Kier alpha value is -2.23. The SMILES string of the molecule is CC(=O)N1CCN(S(=O)(=O)c2ccc(C(=O)OCc3ccc(Br)cc3)cc2)CC1. The van der Waals surface area contributed by atoms with Gasteiger partial charge in [-0.15, -0.1) is 0 Å². The number of nitrogens with zero attached hydrogens (tertiary/aromatic N) is 2. The largest absolute Gasteiger partial charge is 0.457 e. The number of halogens is 1. The molecule has 9 heteroatoms. The smallest absolute Gasteiger partial charge is 0.338 e. The standard InChI is InChI=1S/C20H21BrN2O5S/c1-15(24)22-10-12-23(13-11-22)29(26,27)19-8-4-17(5-9-19)20(25)28-14-16-2-6-18(21)7-3-16/h2-9H,10-14H2,1H3. The highest BCUT2D eigenvalue weighted by Crippen LogP contribution is 2.19. The number of benzene rings is 2. The zero-order chi connectivity index (χ0) is 21.0. The third-order valence-corrected chi connectivity index (χ3v) is 7.14. The molecule has 1 heterocycles. The molecule has 1 fully saturated rings. The van der Waals surface area contributed by atoms with E-state index in [-0.39, 0.29) is 36.1 Å². The van der Waals surface area contributed by atoms with Gasteiger partial charge in [0.1, 0.15) is 6.61 Å². The van der Waals surface area contributed by atoms with Gasteiger partial charge in [-0.2, -0.15) is 4.31 Å². The highest BCUT2D eigenvalue weighted by Gasteiger charge is 2.29. The molecule has 0 unspecified atom stereocenters. The summed E-state index contributed by atoms with van der Waals surface area (Å²) < 4.78 is 33.1. The van der Waals surface area contributed by atoms with Crippen molar-refractivity contribution >= 4 is 37.8 Å². The highest BCUT2D eigenvalue weighted by atomic mass is 79.9. The molecule has 0 aromatic heterocycles. The van der Waals surface area contributed by atoms with Crippen molar-refractivity contribution in [1.29, 1.82) is 0 Å². The van der Waals surface area contributed by atoms with Crippen LogP contribution in [0.25, 0.3) is 0 Å². The third kappa shape index (κ3) is 5.23. The summed E-state index contributed by atoms with van der Waals surface area (Å²) in [4.78, 5) is 25.3. The van der Waals surface area contributed by atoms with Gasteiger partial charge in [-0.1, -0.05) is 28.1 Å². The lowest BCUT2D eigenvalue weighted by Crippen LogP contribution is -2.49. The van der Waals surface area contributed by atoms with Crippen LogP contribution in [-0.4, -0.2) is 55.7 Å². The molecule has 1 saturated heterocycles. The Morgan fingerprint density at radius 3 is 2.10 bits per heavy atom. The fraction of sp³-hybridized carbons (Fsp3) is 0.300. The summed E-state index contributed by atoms with van der Waals surface area (Å²) >= 11 is 3.35. The Morgan fingerprint density at radius 2 is 1.55 bits per heavy atom. The van der Waals surface area contributed by atoms with Crippen LogP contribution in [0.5, 0.6) is 0 Å². The van der Waals surface area contributed by atoms with Crippen LogP contribution in [0, 0.1) is 0 Å². The third-order valence-electron chi connectivity index (χ3n) is 4.69. The van der Waals surface area contributed by atoms with E-state index in [1.165, 1.54) is 35.5 Å². The summed E-state index contributed by atoms with van der Waals surface area (Å²) in [5.74, 6) is -0.583. The highest BCUT2D eigenvalue weighted by molar-refractivity contribution is 9.10. The summed E-state index contributed by atoms with van der Waals surface area (Å²) in [5, 5.41) is 0. The molecule has 0 spiro atoms. The minimum atomic E-state index is -3.67. The Kier molecular flexibility index (Phi) is 6.71. The van der Waals surface area contributed by atoms with Crippen LogP contribution in [0.1, 0.15) is 22.8 Å². The van der Waals surface area contributed by atoms with Gasteiger partial charge in [-0.25, -0.2) is 13.2 Å². The number of rotatable bonds is 5. The molecule has 1 aliphatic heterocycles. The van der Waals surface area contributed by atoms with Crippen molar-refractivity contribution in [3.05, 3.63) is 64.1 Å². The first kappa shape index (κ1) is 21.5. The van der Waals surface area contributed by atoms with E-state index in [0.29, 0.717) is 13.1 Å². The lowest BCUT2D eigenvalue weighted by Gasteiger charge is -2.33. The second-order valence-electron chi connectivity index (χ2n) is 6.64. The minimum Gasteiger partial charge on any atom is -0.457 e. The molecule has 0 saturated carbocycles. The van der Waals surface area contributed by atoms with Gasteiger partial charge in [-0.3, -0.25) is 4.79 Å². The summed E-state index contributed by atoms with van der Waals surface area (Å²) in [6.45, 7) is 2.84. The number of carbonyl (C=O) groups is 2. The van der Waals surface area contributed by atoms with Gasteiger partial charge < -0.3 is 9.64 Å². The Bertz CT molecular complexity index is 983. The Labute approximate surface area is 178 Å². The van der Waals surface area contributed by atoms with Crippen molar-refractivity contribution in [2.45, 2.75) is 18.4 Å². The second kappa shape index (κ2) is 9.06. The van der Waals surface area contributed by atoms with Gasteiger partial charge in [0, 0.05) is 37.6 Å². The van der Waals surface area contributed by atoms with Crippen LogP contribution in [-0.2, 0) is 26.2 Å². The Morgan fingerprint density at radius 1 is 0.966 bits per heavy atom. The molecule has 0 aliphatic carbocycles. The predicted octanol–water partition coefficient (Wildman–Crippen LogP) is 2.66. The van der Waals surface area contributed by atoms with Gasteiger partial charge in [0.25, 0.3) is 0 Å². The van der Waals surface area contributed by atoms with Crippen molar-refractivity contribution < 1.29 is 22.7 Å². The van der Waals surface area contributed by atoms with Crippen LogP contribution >= 0.6 is 15.9 Å². The molecule has 2 aromatic rings. The number of ether oxygens (including phenoxy) is 1. The van der Waals surface area contributed by atoms with Crippen LogP contribution in [0.4, 0.5) is 0 Å². The number of carbonyl (C=O) groups excluding carboxylic acids is 2. The molecule has 0 N–H and O–H groups in total. The average Bonchev–Trinajstić information content (AvgIpc) is 2.73. The van der Waals surface area contributed by atoms with Gasteiger partial charge >= 0.3 is 5.97 Å². The van der Waals surface area contributed by atoms with Crippen LogP contribution in [0.15, 0.2) is 57.9 Å². The van der Waals surface area contributed by atoms with E-state index in [1.54, 1.807) is 4.90 Å². The predicted molar refractivity (Wildman–Crippen MR) is 111 cm³/mol. The van der Waals surface area contributed by atoms with Gasteiger partial charge in [0.05, 0.1) is 10.5 Å². The van der Waals surface area contributed by atoms with E-state index < -0.39 is 16.0 Å². The average molecular weight is 481 g/mol. The van der Waals surface area contributed by atoms with E-state index in [4.69, 9.17) is 4.74 Å². The molecular weight excluding hydrogens is 460 g/mol. The molecule has 7 nitrogen and oxygen atoms in total. The Balaban J connectivity index is 1.62. The number of hydrogen-bond acceptors (Lipinski definition) is 5. The molecule has 29 heavy (non-hydrogen) atoms. The molecule has 0 radical (unpaired) electrons. The van der Waals surface area contributed by atoms with Crippen molar-refractivity contribution in [1.82, 2.24) is 9.21 Å². The lowest BCUT2D eigenvalue weighted by molar-refractivity contribution is -0.129. The topological polar surface area (TPSA) is 84.0 Å². The monoisotopic (exact) mass is 480 g/mol. The van der Waals surface area contributed by atoms with Crippen LogP contribution < -0.4 is 0 Å². The fourth-order valence-corrected chi connectivity index (χ4v) is 4.65. The number of amides is 1. The number of hydrogen-bond donors (Lipinski definition) is 0. The summed E-state index contributed by atoms with van der Waals surface area (Å²) in [6.07, 6.45) is 0. The maximum absolute atomic E-state index is 12.8. The normalized spacial score (nSPS) is 15.2. The van der Waals surface area contributed by atoms with Crippen molar-refractivity contribution in [2.75, 3.05) is 26.2 Å². The van der Waals surface area contributed by atoms with Crippen LogP contribution in [0.3, 0.4) is 0 Å². The molecule has 0 atom stereocenters. The van der Waals surface area contributed by atoms with Gasteiger partial charge in [0.15, 0.2) is 0 Å². The number of esters is 1. The summed E-state index contributed by atoms with van der Waals surface area (Å²) in [7, 11) is -3.67. The summed E-state index contributed by atoms with van der Waals surface area (Å²) in [5.41, 5.74) is 1.13. The maximum atomic E-state index is 12.8. The molecule has 3 rings (SSSR count). The quantitative estimate of drug-likeness (QED) is 0.614. The second-order valence-corrected chi connectivity index (χ2v) is 9.49. The molecule has 2 aromatic carbocycles. The van der Waals surface area contributed by atoms with E-state index in [1.807, 2.05) is 24.3 Å². The summed E-state index contributed by atoms with van der Waals surface area (Å²) in [6, 6.07) is 13.1. The fourth-order valence-electron chi connectivity index (χ4n) is 2.97. The van der Waals surface area contributed by atoms with Crippen molar-refractivity contribution in [3.8, 4) is 0 Å². The maximum Gasteiger partial charge on any atom is 0.338 e. The van der Waals surface area contributed by atoms with Gasteiger partial charge in [-0.05, 0) is 42.0 Å². The van der Waals surface area contributed by atoms with E-state index in [0.717, 1.165) is 10.0 Å². The molecule has 0 bridgehead atoms. The van der Waals surface area contributed by atoms with Gasteiger partial charge in [0.2, 0.25) is 15.9 Å². The van der Waals surface area contributed by atoms with E-state index in [9.17, 15) is 18.0 Å². The van der Waals surface area contributed by atoms with E-state index >= 15 is 0 Å². The molecule has 154 valence electrons. The van der Waals surface area contributed by atoms with Crippen LogP contribution in [0.2, 0.25) is 0 Å². The first-order chi connectivity index (χ1) is 13.8. The zero-order valence-corrected chi connectivity index (χ0v) is 18.3. The first-order valence-electron chi connectivity index (χ1n) is 9.04. The first-order valence-corrected chi connectivity index (χ1v) is 11.3. The molecule has 1 aliphatic rings.